The van der Waals surface area contributed by atoms with E-state index in [0.717, 1.165) is 18.9 Å². The van der Waals surface area contributed by atoms with Crippen molar-refractivity contribution in [1.29, 1.82) is 0 Å². The first-order valence-electron chi connectivity index (χ1n) is 8.02. The van der Waals surface area contributed by atoms with Gasteiger partial charge < -0.3 is 10.2 Å². The van der Waals surface area contributed by atoms with Gasteiger partial charge in [0, 0.05) is 36.9 Å². The van der Waals surface area contributed by atoms with E-state index in [-0.39, 0.29) is 11.8 Å². The normalized spacial score (nSPS) is 20.2. The standard InChI is InChI=1S/C16H20F3N3O/c17-16(18,19)14-10-13(4-7-20-14)22-8-5-11(6-9-22)15(23)21-12-2-1-3-12/h4,7,10-12H,1-3,5-6,8-9H2,(H,21,23). The topological polar surface area (TPSA) is 45.2 Å². The third-order valence-electron chi connectivity index (χ3n) is 4.72. The summed E-state index contributed by atoms with van der Waals surface area (Å²) in [5.74, 6) is 0.0656. The Hall–Kier alpha value is -1.79. The van der Waals surface area contributed by atoms with Gasteiger partial charge in [-0.3, -0.25) is 9.78 Å². The maximum atomic E-state index is 12.7. The molecule has 1 saturated carbocycles. The minimum atomic E-state index is -4.43. The van der Waals surface area contributed by atoms with E-state index in [1.165, 1.54) is 12.6 Å². The summed E-state index contributed by atoms with van der Waals surface area (Å²) in [5, 5.41) is 3.05. The molecule has 126 valence electrons. The van der Waals surface area contributed by atoms with E-state index in [0.29, 0.717) is 37.7 Å². The number of rotatable bonds is 3. The molecule has 0 aromatic carbocycles. The SMILES string of the molecule is O=C(NC1CCC1)C1CCN(c2ccnc(C(F)(F)F)c2)CC1. The molecular weight excluding hydrogens is 307 g/mol. The van der Waals surface area contributed by atoms with Gasteiger partial charge in [-0.2, -0.15) is 13.2 Å². The molecule has 0 radical (unpaired) electrons. The summed E-state index contributed by atoms with van der Waals surface area (Å²) in [6, 6.07) is 2.99. The third-order valence-corrected chi connectivity index (χ3v) is 4.72. The van der Waals surface area contributed by atoms with Crippen molar-refractivity contribution in [1.82, 2.24) is 10.3 Å². The Bertz CT molecular complexity index is 564. The van der Waals surface area contributed by atoms with Crippen LogP contribution in [0.5, 0.6) is 0 Å². The molecule has 2 aliphatic rings. The van der Waals surface area contributed by atoms with Crippen molar-refractivity contribution in [2.24, 2.45) is 5.92 Å². The highest BCUT2D eigenvalue weighted by Gasteiger charge is 2.33. The van der Waals surface area contributed by atoms with Crippen molar-refractivity contribution in [2.75, 3.05) is 18.0 Å². The van der Waals surface area contributed by atoms with Crippen molar-refractivity contribution in [2.45, 2.75) is 44.3 Å². The fourth-order valence-electron chi connectivity index (χ4n) is 3.04. The van der Waals surface area contributed by atoms with Crippen LogP contribution in [-0.4, -0.2) is 30.0 Å². The lowest BCUT2D eigenvalue weighted by Crippen LogP contribution is -2.46. The molecule has 0 spiro atoms. The quantitative estimate of drug-likeness (QED) is 0.928. The number of anilines is 1. The Morgan fingerprint density at radius 1 is 1.22 bits per heavy atom. The van der Waals surface area contributed by atoms with Gasteiger partial charge in [-0.15, -0.1) is 0 Å². The monoisotopic (exact) mass is 327 g/mol. The zero-order valence-corrected chi connectivity index (χ0v) is 12.8. The van der Waals surface area contributed by atoms with Crippen LogP contribution < -0.4 is 10.2 Å². The Labute approximate surface area is 133 Å². The van der Waals surface area contributed by atoms with E-state index >= 15 is 0 Å². The lowest BCUT2D eigenvalue weighted by Gasteiger charge is -2.35. The minimum absolute atomic E-state index is 0.0317. The lowest BCUT2D eigenvalue weighted by atomic mass is 9.90. The van der Waals surface area contributed by atoms with E-state index in [2.05, 4.69) is 10.3 Å². The molecule has 1 N–H and O–H groups in total. The van der Waals surface area contributed by atoms with E-state index in [9.17, 15) is 18.0 Å². The summed E-state index contributed by atoms with van der Waals surface area (Å²) in [4.78, 5) is 17.4. The van der Waals surface area contributed by atoms with Crippen molar-refractivity contribution in [3.8, 4) is 0 Å². The van der Waals surface area contributed by atoms with Crippen molar-refractivity contribution in [3.05, 3.63) is 24.0 Å². The number of pyridine rings is 1. The number of carbonyl (C=O) groups is 1. The Morgan fingerprint density at radius 2 is 1.91 bits per heavy atom. The first kappa shape index (κ1) is 16.1. The van der Waals surface area contributed by atoms with Gasteiger partial charge in [0.1, 0.15) is 5.69 Å². The zero-order chi connectivity index (χ0) is 16.4. The molecule has 4 nitrogen and oxygen atoms in total. The van der Waals surface area contributed by atoms with Crippen LogP contribution in [0.2, 0.25) is 0 Å². The first-order valence-corrected chi connectivity index (χ1v) is 8.02. The van der Waals surface area contributed by atoms with E-state index in [1.807, 2.05) is 4.90 Å². The maximum Gasteiger partial charge on any atom is 0.433 e. The smallest absolute Gasteiger partial charge is 0.371 e. The van der Waals surface area contributed by atoms with Crippen LogP contribution in [0.25, 0.3) is 0 Å². The number of aromatic nitrogens is 1. The van der Waals surface area contributed by atoms with E-state index in [1.54, 1.807) is 6.07 Å². The Morgan fingerprint density at radius 3 is 2.48 bits per heavy atom. The lowest BCUT2D eigenvalue weighted by molar-refractivity contribution is -0.141. The molecule has 1 aliphatic carbocycles. The highest BCUT2D eigenvalue weighted by atomic mass is 19.4. The van der Waals surface area contributed by atoms with Gasteiger partial charge in [-0.1, -0.05) is 0 Å². The van der Waals surface area contributed by atoms with Crippen molar-refractivity contribution in [3.63, 3.8) is 0 Å². The van der Waals surface area contributed by atoms with Crippen LogP contribution in [0.3, 0.4) is 0 Å². The second-order valence-electron chi connectivity index (χ2n) is 6.29. The Balaban J connectivity index is 1.57. The predicted octanol–water partition coefficient (Wildman–Crippen LogP) is 2.99. The van der Waals surface area contributed by atoms with Gasteiger partial charge in [0.25, 0.3) is 0 Å². The minimum Gasteiger partial charge on any atom is -0.371 e. The molecule has 1 aliphatic heterocycles. The summed E-state index contributed by atoms with van der Waals surface area (Å²) in [5.41, 5.74) is -0.356. The van der Waals surface area contributed by atoms with Gasteiger partial charge in [-0.05, 0) is 44.2 Å². The predicted molar refractivity (Wildman–Crippen MR) is 80.0 cm³/mol. The molecule has 7 heteroatoms. The molecule has 23 heavy (non-hydrogen) atoms. The van der Waals surface area contributed by atoms with Gasteiger partial charge >= 0.3 is 6.18 Å². The second-order valence-corrected chi connectivity index (χ2v) is 6.29. The molecule has 2 fully saturated rings. The van der Waals surface area contributed by atoms with Crippen molar-refractivity contribution >= 4 is 11.6 Å². The van der Waals surface area contributed by atoms with Crippen LogP contribution in [0, 0.1) is 5.92 Å². The molecule has 3 rings (SSSR count). The molecule has 1 saturated heterocycles. The third kappa shape index (κ3) is 3.76. The summed E-state index contributed by atoms with van der Waals surface area (Å²) >= 11 is 0. The molecule has 1 aromatic heterocycles. The summed E-state index contributed by atoms with van der Waals surface area (Å²) in [6.07, 6.45) is 1.38. The number of nitrogens with zero attached hydrogens (tertiary/aromatic N) is 2. The number of halogens is 3. The van der Waals surface area contributed by atoms with Crippen LogP contribution in [0.4, 0.5) is 18.9 Å². The number of hydrogen-bond donors (Lipinski definition) is 1. The number of alkyl halides is 3. The van der Waals surface area contributed by atoms with Crippen LogP contribution >= 0.6 is 0 Å². The molecule has 1 aromatic rings. The van der Waals surface area contributed by atoms with Crippen LogP contribution in [0.1, 0.15) is 37.8 Å². The number of hydrogen-bond acceptors (Lipinski definition) is 3. The fraction of sp³-hybridized carbons (Fsp3) is 0.625. The first-order chi connectivity index (χ1) is 10.9. The molecule has 0 bridgehead atoms. The number of nitrogens with one attached hydrogen (secondary N) is 1. The average molecular weight is 327 g/mol. The number of amides is 1. The number of piperidine rings is 1. The van der Waals surface area contributed by atoms with Crippen LogP contribution in [0.15, 0.2) is 18.3 Å². The average Bonchev–Trinajstić information content (AvgIpc) is 2.50. The molecular formula is C16H20F3N3O. The summed E-state index contributed by atoms with van der Waals surface area (Å²) in [7, 11) is 0. The van der Waals surface area contributed by atoms with Crippen LogP contribution in [-0.2, 0) is 11.0 Å². The molecule has 2 heterocycles. The summed E-state index contributed by atoms with van der Waals surface area (Å²) in [6.45, 7) is 1.17. The largest absolute Gasteiger partial charge is 0.433 e. The molecule has 0 atom stereocenters. The highest BCUT2D eigenvalue weighted by Crippen LogP contribution is 2.31. The van der Waals surface area contributed by atoms with E-state index in [4.69, 9.17) is 0 Å². The highest BCUT2D eigenvalue weighted by molar-refractivity contribution is 5.79. The van der Waals surface area contributed by atoms with Gasteiger partial charge in [0.15, 0.2) is 0 Å². The van der Waals surface area contributed by atoms with Gasteiger partial charge in [-0.25, -0.2) is 0 Å². The summed E-state index contributed by atoms with van der Waals surface area (Å²) < 4.78 is 38.2. The van der Waals surface area contributed by atoms with Crippen molar-refractivity contribution < 1.29 is 18.0 Å². The Kier molecular flexibility index (Phi) is 4.46. The fourth-order valence-corrected chi connectivity index (χ4v) is 3.04. The second kappa shape index (κ2) is 6.37. The van der Waals surface area contributed by atoms with E-state index < -0.39 is 11.9 Å². The zero-order valence-electron chi connectivity index (χ0n) is 12.8. The number of carbonyl (C=O) groups excluding carboxylic acids is 1. The van der Waals surface area contributed by atoms with Gasteiger partial charge in [0.2, 0.25) is 5.91 Å². The maximum absolute atomic E-state index is 12.7. The van der Waals surface area contributed by atoms with Gasteiger partial charge in [0.05, 0.1) is 0 Å². The molecule has 1 amide bonds. The molecule has 0 unspecified atom stereocenters.